The van der Waals surface area contributed by atoms with Crippen LogP contribution >= 0.6 is 0 Å². The highest BCUT2D eigenvalue weighted by Gasteiger charge is 2.30. The Hall–Kier alpha value is -2.89. The van der Waals surface area contributed by atoms with E-state index >= 15 is 0 Å². The van der Waals surface area contributed by atoms with Crippen molar-refractivity contribution in [2.75, 3.05) is 5.32 Å². The second-order valence-corrected chi connectivity index (χ2v) is 4.94. The number of aromatic nitrogens is 1. The first kappa shape index (κ1) is 15.0. The van der Waals surface area contributed by atoms with Crippen molar-refractivity contribution < 1.29 is 18.0 Å². The zero-order valence-electron chi connectivity index (χ0n) is 11.8. The van der Waals surface area contributed by atoms with E-state index in [0.717, 1.165) is 35.2 Å². The highest BCUT2D eigenvalue weighted by atomic mass is 19.4. The number of amides is 1. The summed E-state index contributed by atoms with van der Waals surface area (Å²) in [6.07, 6.45) is -2.77. The van der Waals surface area contributed by atoms with Gasteiger partial charge in [0.05, 0.1) is 11.1 Å². The van der Waals surface area contributed by atoms with Crippen molar-refractivity contribution in [2.24, 2.45) is 0 Å². The molecule has 2 aromatic carbocycles. The SMILES string of the molecule is O=C(Nc1ccc2cccnc2c1)c1ccc(C(F)(F)F)cc1. The van der Waals surface area contributed by atoms with Gasteiger partial charge in [0.2, 0.25) is 0 Å². The number of hydrogen-bond acceptors (Lipinski definition) is 2. The molecule has 23 heavy (non-hydrogen) atoms. The number of halogens is 3. The Morgan fingerprint density at radius 1 is 1.00 bits per heavy atom. The van der Waals surface area contributed by atoms with Gasteiger partial charge < -0.3 is 5.32 Å². The van der Waals surface area contributed by atoms with Crippen LogP contribution in [-0.2, 0) is 6.18 Å². The maximum atomic E-state index is 12.5. The van der Waals surface area contributed by atoms with Gasteiger partial charge in [-0.3, -0.25) is 9.78 Å². The van der Waals surface area contributed by atoms with Gasteiger partial charge in [0.25, 0.3) is 5.91 Å². The topological polar surface area (TPSA) is 42.0 Å². The molecule has 0 unspecified atom stereocenters. The standard InChI is InChI=1S/C17H11F3N2O/c18-17(19,20)13-6-3-12(4-7-13)16(23)22-14-8-5-11-2-1-9-21-15(11)10-14/h1-10H,(H,22,23). The number of alkyl halides is 3. The van der Waals surface area contributed by atoms with Crippen LogP contribution in [-0.4, -0.2) is 10.9 Å². The van der Waals surface area contributed by atoms with E-state index in [1.807, 2.05) is 18.2 Å². The highest BCUT2D eigenvalue weighted by molar-refractivity contribution is 6.05. The van der Waals surface area contributed by atoms with Crippen LogP contribution in [0.4, 0.5) is 18.9 Å². The summed E-state index contributed by atoms with van der Waals surface area (Å²) in [7, 11) is 0. The Balaban J connectivity index is 1.80. The smallest absolute Gasteiger partial charge is 0.322 e. The van der Waals surface area contributed by atoms with Gasteiger partial charge in [-0.1, -0.05) is 12.1 Å². The minimum atomic E-state index is -4.42. The fourth-order valence-electron chi connectivity index (χ4n) is 2.16. The van der Waals surface area contributed by atoms with Crippen LogP contribution in [0.15, 0.2) is 60.8 Å². The molecular weight excluding hydrogens is 305 g/mol. The molecule has 0 aliphatic carbocycles. The molecule has 3 aromatic rings. The molecule has 3 nitrogen and oxygen atoms in total. The predicted molar refractivity (Wildman–Crippen MR) is 81.1 cm³/mol. The number of anilines is 1. The molecule has 0 aliphatic heterocycles. The van der Waals surface area contributed by atoms with Crippen molar-refractivity contribution in [2.45, 2.75) is 6.18 Å². The molecule has 0 saturated heterocycles. The summed E-state index contributed by atoms with van der Waals surface area (Å²) in [4.78, 5) is 16.3. The highest BCUT2D eigenvalue weighted by Crippen LogP contribution is 2.29. The third-order valence-corrected chi connectivity index (χ3v) is 3.34. The monoisotopic (exact) mass is 316 g/mol. The number of nitrogens with one attached hydrogen (secondary N) is 1. The number of hydrogen-bond donors (Lipinski definition) is 1. The number of carbonyl (C=O) groups is 1. The summed E-state index contributed by atoms with van der Waals surface area (Å²) < 4.78 is 37.5. The molecule has 1 heterocycles. The van der Waals surface area contributed by atoms with Crippen molar-refractivity contribution in [1.82, 2.24) is 4.98 Å². The lowest BCUT2D eigenvalue weighted by atomic mass is 10.1. The molecule has 0 saturated carbocycles. The molecule has 0 fully saturated rings. The largest absolute Gasteiger partial charge is 0.416 e. The van der Waals surface area contributed by atoms with Crippen molar-refractivity contribution in [3.8, 4) is 0 Å². The normalized spacial score (nSPS) is 11.4. The molecule has 1 amide bonds. The van der Waals surface area contributed by atoms with Gasteiger partial charge in [-0.2, -0.15) is 13.2 Å². The molecule has 1 aromatic heterocycles. The Morgan fingerprint density at radius 3 is 2.43 bits per heavy atom. The summed E-state index contributed by atoms with van der Waals surface area (Å²) in [5, 5.41) is 3.58. The molecule has 0 bridgehead atoms. The van der Waals surface area contributed by atoms with E-state index in [4.69, 9.17) is 0 Å². The van der Waals surface area contributed by atoms with Crippen molar-refractivity contribution >= 4 is 22.5 Å². The Morgan fingerprint density at radius 2 is 1.74 bits per heavy atom. The quantitative estimate of drug-likeness (QED) is 0.756. The van der Waals surface area contributed by atoms with Crippen molar-refractivity contribution in [3.05, 3.63) is 71.9 Å². The Labute approximate surface area is 129 Å². The number of fused-ring (bicyclic) bond motifs is 1. The second kappa shape index (κ2) is 5.72. The molecule has 0 atom stereocenters. The molecule has 6 heteroatoms. The number of pyridine rings is 1. The summed E-state index contributed by atoms with van der Waals surface area (Å²) in [6, 6.07) is 13.0. The Bertz CT molecular complexity index is 858. The van der Waals surface area contributed by atoms with Gasteiger partial charge >= 0.3 is 6.18 Å². The van der Waals surface area contributed by atoms with E-state index in [0.29, 0.717) is 5.69 Å². The lowest BCUT2D eigenvalue weighted by molar-refractivity contribution is -0.137. The average Bonchev–Trinajstić information content (AvgIpc) is 2.54. The van der Waals surface area contributed by atoms with Gasteiger partial charge in [-0.15, -0.1) is 0 Å². The molecule has 0 spiro atoms. The third kappa shape index (κ3) is 3.31. The molecule has 0 radical (unpaired) electrons. The van der Waals surface area contributed by atoms with E-state index in [-0.39, 0.29) is 5.56 Å². The fraction of sp³-hybridized carbons (Fsp3) is 0.0588. The summed E-state index contributed by atoms with van der Waals surface area (Å²) in [5.74, 6) is -0.478. The zero-order valence-corrected chi connectivity index (χ0v) is 11.8. The maximum Gasteiger partial charge on any atom is 0.416 e. The van der Waals surface area contributed by atoms with Crippen LogP contribution in [0, 0.1) is 0 Å². The number of rotatable bonds is 2. The van der Waals surface area contributed by atoms with E-state index in [2.05, 4.69) is 10.3 Å². The summed E-state index contributed by atoms with van der Waals surface area (Å²) in [5.41, 5.74) is 0.613. The summed E-state index contributed by atoms with van der Waals surface area (Å²) in [6.45, 7) is 0. The van der Waals surface area contributed by atoms with Crippen molar-refractivity contribution in [1.29, 1.82) is 0 Å². The van der Waals surface area contributed by atoms with Gasteiger partial charge in [-0.05, 0) is 42.5 Å². The first-order valence-corrected chi connectivity index (χ1v) is 6.77. The van der Waals surface area contributed by atoms with Crippen LogP contribution in [0.25, 0.3) is 10.9 Å². The second-order valence-electron chi connectivity index (χ2n) is 4.94. The van der Waals surface area contributed by atoms with Crippen LogP contribution in [0.5, 0.6) is 0 Å². The first-order valence-electron chi connectivity index (χ1n) is 6.77. The minimum absolute atomic E-state index is 0.152. The molecule has 3 rings (SSSR count). The van der Waals surface area contributed by atoms with Crippen LogP contribution in [0.2, 0.25) is 0 Å². The lowest BCUT2D eigenvalue weighted by Crippen LogP contribution is -2.12. The molecule has 1 N–H and O–H groups in total. The Kier molecular flexibility index (Phi) is 3.73. The number of nitrogens with zero attached hydrogens (tertiary/aromatic N) is 1. The van der Waals surface area contributed by atoms with Crippen molar-refractivity contribution in [3.63, 3.8) is 0 Å². The zero-order chi connectivity index (χ0) is 16.4. The van der Waals surface area contributed by atoms with Gasteiger partial charge in [0.15, 0.2) is 0 Å². The average molecular weight is 316 g/mol. The van der Waals surface area contributed by atoms with Crippen LogP contribution < -0.4 is 5.32 Å². The van der Waals surface area contributed by atoms with Gasteiger partial charge in [-0.25, -0.2) is 0 Å². The summed E-state index contributed by atoms with van der Waals surface area (Å²) >= 11 is 0. The molecule has 0 aliphatic rings. The van der Waals surface area contributed by atoms with Gasteiger partial charge in [0.1, 0.15) is 0 Å². The lowest BCUT2D eigenvalue weighted by Gasteiger charge is -2.09. The fourth-order valence-corrected chi connectivity index (χ4v) is 2.16. The van der Waals surface area contributed by atoms with E-state index in [1.54, 1.807) is 18.3 Å². The van der Waals surface area contributed by atoms with E-state index in [9.17, 15) is 18.0 Å². The molecule has 116 valence electrons. The van der Waals surface area contributed by atoms with Gasteiger partial charge in [0, 0.05) is 22.8 Å². The predicted octanol–water partition coefficient (Wildman–Crippen LogP) is 4.51. The maximum absolute atomic E-state index is 12.5. The van der Waals surface area contributed by atoms with Crippen LogP contribution in [0.1, 0.15) is 15.9 Å². The molecular formula is C17H11F3N2O. The van der Waals surface area contributed by atoms with E-state index < -0.39 is 17.6 Å². The first-order chi connectivity index (χ1) is 10.9. The third-order valence-electron chi connectivity index (χ3n) is 3.34. The number of benzene rings is 2. The number of carbonyl (C=O) groups excluding carboxylic acids is 1. The minimum Gasteiger partial charge on any atom is -0.322 e. The van der Waals surface area contributed by atoms with Crippen LogP contribution in [0.3, 0.4) is 0 Å². The van der Waals surface area contributed by atoms with E-state index in [1.165, 1.54) is 0 Å².